The summed E-state index contributed by atoms with van der Waals surface area (Å²) in [5, 5.41) is 6.37. The van der Waals surface area contributed by atoms with Gasteiger partial charge in [-0.25, -0.2) is 4.99 Å². The second-order valence-corrected chi connectivity index (χ2v) is 5.09. The van der Waals surface area contributed by atoms with Gasteiger partial charge >= 0.3 is 0 Å². The minimum Gasteiger partial charge on any atom is -0.382 e. The molecule has 0 bridgehead atoms. The van der Waals surface area contributed by atoms with Gasteiger partial charge in [-0.1, -0.05) is 12.2 Å². The van der Waals surface area contributed by atoms with E-state index in [0.717, 1.165) is 38.2 Å². The van der Waals surface area contributed by atoms with E-state index < -0.39 is 0 Å². The van der Waals surface area contributed by atoms with Crippen LogP contribution in [0.3, 0.4) is 0 Å². The smallest absolute Gasteiger partial charge is 0.243 e. The topological polar surface area (TPSA) is 66.0 Å². The van der Waals surface area contributed by atoms with Crippen LogP contribution in [0.2, 0.25) is 0 Å². The second-order valence-electron chi connectivity index (χ2n) is 5.09. The highest BCUT2D eigenvalue weighted by Crippen LogP contribution is 1.89. The van der Waals surface area contributed by atoms with Crippen LogP contribution in [0.1, 0.15) is 26.7 Å². The van der Waals surface area contributed by atoms with Gasteiger partial charge in [-0.15, -0.1) is 0 Å². The molecule has 0 aliphatic carbocycles. The number of carbonyl (C=O) groups is 1. The minimum atomic E-state index is -0.0252. The summed E-state index contributed by atoms with van der Waals surface area (Å²) < 4.78 is 5.29. The lowest BCUT2D eigenvalue weighted by molar-refractivity contribution is -0.127. The van der Waals surface area contributed by atoms with Crippen molar-refractivity contribution in [2.24, 2.45) is 4.99 Å². The fourth-order valence-electron chi connectivity index (χ4n) is 1.38. The van der Waals surface area contributed by atoms with Crippen molar-refractivity contribution in [3.63, 3.8) is 0 Å². The summed E-state index contributed by atoms with van der Waals surface area (Å²) in [6.07, 6.45) is 2.00. The molecule has 0 unspecified atom stereocenters. The van der Waals surface area contributed by atoms with Crippen molar-refractivity contribution in [3.8, 4) is 0 Å². The van der Waals surface area contributed by atoms with Crippen LogP contribution in [0.25, 0.3) is 0 Å². The second kappa shape index (κ2) is 12.2. The van der Waals surface area contributed by atoms with Gasteiger partial charge in [0.25, 0.3) is 0 Å². The Bertz CT molecular complexity index is 341. The van der Waals surface area contributed by atoms with E-state index in [0.29, 0.717) is 12.5 Å². The van der Waals surface area contributed by atoms with Crippen molar-refractivity contribution in [2.45, 2.75) is 26.7 Å². The lowest BCUT2D eigenvalue weighted by Crippen LogP contribution is -2.39. The third-order valence-electron chi connectivity index (χ3n) is 2.64. The molecule has 0 rings (SSSR count). The maximum Gasteiger partial charge on any atom is 0.243 e. The third-order valence-corrected chi connectivity index (χ3v) is 2.64. The summed E-state index contributed by atoms with van der Waals surface area (Å²) in [7, 11) is 3.44. The third kappa shape index (κ3) is 11.9. The van der Waals surface area contributed by atoms with Crippen LogP contribution in [0.5, 0.6) is 0 Å². The van der Waals surface area contributed by atoms with Gasteiger partial charge in [-0.3, -0.25) is 4.79 Å². The molecule has 0 aliphatic rings. The molecule has 0 spiro atoms. The fourth-order valence-corrected chi connectivity index (χ4v) is 1.38. The number of unbranched alkanes of at least 4 members (excludes halogenated alkanes) is 1. The molecule has 0 fully saturated rings. The van der Waals surface area contributed by atoms with E-state index in [1.165, 1.54) is 4.90 Å². The summed E-state index contributed by atoms with van der Waals surface area (Å²) in [5.74, 6) is 0.618. The number of hydrogen-bond donors (Lipinski definition) is 2. The van der Waals surface area contributed by atoms with Crippen LogP contribution in [-0.4, -0.2) is 63.7 Å². The molecule has 0 atom stereocenters. The van der Waals surface area contributed by atoms with E-state index >= 15 is 0 Å². The lowest BCUT2D eigenvalue weighted by atomic mass is 10.3. The highest BCUT2D eigenvalue weighted by Gasteiger charge is 2.04. The Morgan fingerprint density at radius 2 is 2.00 bits per heavy atom. The van der Waals surface area contributed by atoms with Crippen LogP contribution in [0, 0.1) is 0 Å². The first-order valence-corrected chi connectivity index (χ1v) is 7.41. The number of nitrogens with zero attached hydrogens (tertiary/aromatic N) is 2. The summed E-state index contributed by atoms with van der Waals surface area (Å²) in [6, 6.07) is 0. The molecule has 0 aliphatic heterocycles. The van der Waals surface area contributed by atoms with Gasteiger partial charge in [0.15, 0.2) is 5.96 Å². The molecule has 0 aromatic heterocycles. The normalized spacial score (nSPS) is 11.1. The highest BCUT2D eigenvalue weighted by molar-refractivity contribution is 5.84. The molecular formula is C15H30N4O2. The van der Waals surface area contributed by atoms with E-state index in [1.807, 2.05) is 13.8 Å². The molecule has 0 radical (unpaired) electrons. The Morgan fingerprint density at radius 3 is 2.57 bits per heavy atom. The number of carbonyl (C=O) groups excluding carboxylic acids is 1. The monoisotopic (exact) mass is 298 g/mol. The van der Waals surface area contributed by atoms with E-state index in [4.69, 9.17) is 4.74 Å². The van der Waals surface area contributed by atoms with Crippen molar-refractivity contribution in [1.82, 2.24) is 15.5 Å². The Morgan fingerprint density at radius 1 is 1.29 bits per heavy atom. The van der Waals surface area contributed by atoms with Gasteiger partial charge in [-0.05, 0) is 26.7 Å². The van der Waals surface area contributed by atoms with E-state index in [-0.39, 0.29) is 12.5 Å². The van der Waals surface area contributed by atoms with Gasteiger partial charge in [0.05, 0.1) is 0 Å². The van der Waals surface area contributed by atoms with Gasteiger partial charge < -0.3 is 20.3 Å². The van der Waals surface area contributed by atoms with Crippen LogP contribution in [0.4, 0.5) is 0 Å². The first kappa shape index (κ1) is 19.4. The van der Waals surface area contributed by atoms with Gasteiger partial charge in [0.1, 0.15) is 6.54 Å². The standard InChI is InChI=1S/C15H30N4O2/c1-6-21-10-8-7-9-16-15(17-11-13(2)3)18-12-14(20)19(4)5/h2,6-12H2,1,3-5H3,(H2,16,17,18). The van der Waals surface area contributed by atoms with Crippen LogP contribution >= 0.6 is 0 Å². The Labute approximate surface area is 128 Å². The number of aliphatic imine (C=N–C) groups is 1. The molecule has 2 N–H and O–H groups in total. The highest BCUT2D eigenvalue weighted by atomic mass is 16.5. The molecule has 0 heterocycles. The zero-order valence-electron chi connectivity index (χ0n) is 13.9. The Balaban J connectivity index is 4.16. The SMILES string of the molecule is C=C(C)CNC(=NCC(=O)N(C)C)NCCCCOCC. The van der Waals surface area contributed by atoms with Gasteiger partial charge in [-0.2, -0.15) is 0 Å². The Hall–Kier alpha value is -1.56. The molecule has 0 saturated carbocycles. The molecule has 122 valence electrons. The number of rotatable bonds is 10. The fraction of sp³-hybridized carbons (Fsp3) is 0.733. The number of ether oxygens (including phenoxy) is 1. The number of guanidine groups is 1. The number of amides is 1. The minimum absolute atomic E-state index is 0.0252. The summed E-state index contributed by atoms with van der Waals surface area (Å²) in [5.41, 5.74) is 1.01. The summed E-state index contributed by atoms with van der Waals surface area (Å²) in [4.78, 5) is 17.4. The zero-order chi connectivity index (χ0) is 16.1. The number of likely N-dealkylation sites (N-methyl/N-ethyl adjacent to an activating group) is 1. The Kier molecular flexibility index (Phi) is 11.3. The first-order chi connectivity index (χ1) is 9.97. The molecule has 0 aromatic carbocycles. The molecule has 0 saturated heterocycles. The van der Waals surface area contributed by atoms with Crippen LogP contribution < -0.4 is 10.6 Å². The predicted octanol–water partition coefficient (Wildman–Crippen LogP) is 1.00. The largest absolute Gasteiger partial charge is 0.382 e. The van der Waals surface area contributed by atoms with Crippen molar-refractivity contribution < 1.29 is 9.53 Å². The zero-order valence-corrected chi connectivity index (χ0v) is 13.9. The van der Waals surface area contributed by atoms with Crippen molar-refractivity contribution in [1.29, 1.82) is 0 Å². The molecule has 6 nitrogen and oxygen atoms in total. The van der Waals surface area contributed by atoms with Crippen LogP contribution in [0.15, 0.2) is 17.1 Å². The molecule has 1 amide bonds. The van der Waals surface area contributed by atoms with Crippen LogP contribution in [-0.2, 0) is 9.53 Å². The predicted molar refractivity (Wildman–Crippen MR) is 87.5 cm³/mol. The van der Waals surface area contributed by atoms with Crippen molar-refractivity contribution in [3.05, 3.63) is 12.2 Å². The lowest BCUT2D eigenvalue weighted by Gasteiger charge is -2.13. The molecule has 21 heavy (non-hydrogen) atoms. The summed E-state index contributed by atoms with van der Waals surface area (Å²) in [6.45, 7) is 10.9. The molecule has 0 aromatic rings. The molecule has 6 heteroatoms. The maximum atomic E-state index is 11.6. The van der Waals surface area contributed by atoms with Gasteiger partial charge in [0.2, 0.25) is 5.91 Å². The van der Waals surface area contributed by atoms with Crippen molar-refractivity contribution >= 4 is 11.9 Å². The number of nitrogens with one attached hydrogen (secondary N) is 2. The summed E-state index contributed by atoms with van der Waals surface area (Å²) >= 11 is 0. The average Bonchev–Trinajstić information content (AvgIpc) is 2.43. The van der Waals surface area contributed by atoms with Crippen molar-refractivity contribution in [2.75, 3.05) is 46.9 Å². The average molecular weight is 298 g/mol. The van der Waals surface area contributed by atoms with E-state index in [2.05, 4.69) is 22.2 Å². The van der Waals surface area contributed by atoms with E-state index in [1.54, 1.807) is 14.1 Å². The van der Waals surface area contributed by atoms with Gasteiger partial charge in [0, 0.05) is 40.4 Å². The van der Waals surface area contributed by atoms with E-state index in [9.17, 15) is 4.79 Å². The quantitative estimate of drug-likeness (QED) is 0.273. The maximum absolute atomic E-state index is 11.6. The number of hydrogen-bond acceptors (Lipinski definition) is 3. The molecular weight excluding hydrogens is 268 g/mol. The first-order valence-electron chi connectivity index (χ1n) is 7.41.